The largest absolute Gasteiger partial charge is 0.467 e. The number of amides is 2. The van der Waals surface area contributed by atoms with E-state index in [0.29, 0.717) is 10.8 Å². The second-order valence-corrected chi connectivity index (χ2v) is 9.27. The van der Waals surface area contributed by atoms with E-state index in [0.717, 1.165) is 36.1 Å². The molecule has 1 saturated carbocycles. The molecule has 3 aromatic rings. The minimum atomic E-state index is -0.768. The van der Waals surface area contributed by atoms with Crippen LogP contribution in [-0.4, -0.2) is 22.8 Å². The maximum absolute atomic E-state index is 13.5. The van der Waals surface area contributed by atoms with Crippen molar-refractivity contribution in [2.24, 2.45) is 0 Å². The lowest BCUT2D eigenvalue weighted by molar-refractivity contribution is -0.141. The number of furan rings is 1. The van der Waals surface area contributed by atoms with Crippen LogP contribution in [0.25, 0.3) is 0 Å². The van der Waals surface area contributed by atoms with Crippen molar-refractivity contribution in [3.63, 3.8) is 0 Å². The van der Waals surface area contributed by atoms with Gasteiger partial charge in [-0.1, -0.05) is 42.6 Å². The highest BCUT2D eigenvalue weighted by Crippen LogP contribution is 2.28. The topological polar surface area (TPSA) is 62.6 Å². The molecule has 0 aliphatic heterocycles. The van der Waals surface area contributed by atoms with Crippen molar-refractivity contribution in [2.75, 3.05) is 0 Å². The summed E-state index contributed by atoms with van der Waals surface area (Å²) in [4.78, 5) is 29.5. The summed E-state index contributed by atoms with van der Waals surface area (Å²) in [7, 11) is 0. The Hall–Kier alpha value is -2.57. The van der Waals surface area contributed by atoms with E-state index < -0.39 is 6.04 Å². The van der Waals surface area contributed by atoms with Gasteiger partial charge in [-0.25, -0.2) is 0 Å². The van der Waals surface area contributed by atoms with Crippen LogP contribution in [0.4, 0.5) is 0 Å². The number of thiophene rings is 1. The molecule has 0 radical (unpaired) electrons. The first-order valence-electron chi connectivity index (χ1n) is 10.5. The van der Waals surface area contributed by atoms with Crippen LogP contribution in [0.15, 0.2) is 64.6 Å². The van der Waals surface area contributed by atoms with E-state index >= 15 is 0 Å². The standard InChI is InChI=1S/C24H25ClN2O3S/c25-18-11-9-17(10-12-18)23(24(29)26-19-5-1-2-6-19)27(16-20-7-3-13-30-20)22(28)15-21-8-4-14-31-21/h3-4,7-14,19,23H,1-2,5-6,15-16H2,(H,26,29). The van der Waals surface area contributed by atoms with Crippen LogP contribution in [0.3, 0.4) is 0 Å². The summed E-state index contributed by atoms with van der Waals surface area (Å²) in [6.45, 7) is 0.211. The molecule has 1 fully saturated rings. The molecule has 1 N–H and O–H groups in total. The predicted molar refractivity (Wildman–Crippen MR) is 122 cm³/mol. The highest BCUT2D eigenvalue weighted by atomic mass is 35.5. The van der Waals surface area contributed by atoms with Crippen LogP contribution >= 0.6 is 22.9 Å². The molecule has 162 valence electrons. The number of rotatable bonds is 8. The SMILES string of the molecule is O=C(NC1CCCC1)C(c1ccc(Cl)cc1)N(Cc1ccco1)C(=O)Cc1cccs1. The van der Waals surface area contributed by atoms with Crippen LogP contribution in [0.1, 0.15) is 47.9 Å². The van der Waals surface area contributed by atoms with E-state index in [1.807, 2.05) is 35.7 Å². The zero-order valence-electron chi connectivity index (χ0n) is 17.1. The monoisotopic (exact) mass is 456 g/mol. The van der Waals surface area contributed by atoms with Gasteiger partial charge in [0.15, 0.2) is 0 Å². The third kappa shape index (κ3) is 5.57. The molecule has 2 amide bonds. The van der Waals surface area contributed by atoms with E-state index in [-0.39, 0.29) is 30.8 Å². The highest BCUT2D eigenvalue weighted by molar-refractivity contribution is 7.10. The van der Waals surface area contributed by atoms with Crippen molar-refractivity contribution in [1.82, 2.24) is 10.2 Å². The van der Waals surface area contributed by atoms with Gasteiger partial charge in [-0.3, -0.25) is 9.59 Å². The van der Waals surface area contributed by atoms with E-state index in [4.69, 9.17) is 16.0 Å². The Balaban J connectivity index is 1.67. The molecule has 0 spiro atoms. The molecule has 2 aromatic heterocycles. The first-order valence-corrected chi connectivity index (χ1v) is 11.8. The third-order valence-electron chi connectivity index (χ3n) is 5.58. The van der Waals surface area contributed by atoms with E-state index in [1.54, 1.807) is 29.4 Å². The number of carbonyl (C=O) groups is 2. The molecule has 7 heteroatoms. The zero-order valence-corrected chi connectivity index (χ0v) is 18.7. The number of carbonyl (C=O) groups excluding carboxylic acids is 2. The van der Waals surface area contributed by atoms with Crippen molar-refractivity contribution in [2.45, 2.75) is 50.7 Å². The summed E-state index contributed by atoms with van der Waals surface area (Å²) >= 11 is 7.62. The molecule has 0 bridgehead atoms. The summed E-state index contributed by atoms with van der Waals surface area (Å²) in [6.07, 6.45) is 5.99. The summed E-state index contributed by atoms with van der Waals surface area (Å²) in [6, 6.07) is 14.0. The van der Waals surface area contributed by atoms with Gasteiger partial charge in [-0.15, -0.1) is 11.3 Å². The van der Waals surface area contributed by atoms with Gasteiger partial charge in [0.1, 0.15) is 11.8 Å². The van der Waals surface area contributed by atoms with Crippen molar-refractivity contribution < 1.29 is 14.0 Å². The molecular weight excluding hydrogens is 432 g/mol. The molecule has 1 aromatic carbocycles. The lowest BCUT2D eigenvalue weighted by atomic mass is 10.0. The number of nitrogens with one attached hydrogen (secondary N) is 1. The van der Waals surface area contributed by atoms with Gasteiger partial charge in [0.25, 0.3) is 0 Å². The lowest BCUT2D eigenvalue weighted by Gasteiger charge is -2.31. The Labute approximate surface area is 191 Å². The predicted octanol–water partition coefficient (Wildman–Crippen LogP) is 5.37. The maximum Gasteiger partial charge on any atom is 0.247 e. The first-order chi connectivity index (χ1) is 15.1. The number of benzene rings is 1. The van der Waals surface area contributed by atoms with Gasteiger partial charge in [0.2, 0.25) is 11.8 Å². The summed E-state index contributed by atoms with van der Waals surface area (Å²) < 4.78 is 5.52. The Morgan fingerprint density at radius 3 is 2.55 bits per heavy atom. The molecule has 31 heavy (non-hydrogen) atoms. The molecular formula is C24H25ClN2O3S. The van der Waals surface area contributed by atoms with Crippen LogP contribution in [-0.2, 0) is 22.6 Å². The van der Waals surface area contributed by atoms with Gasteiger partial charge < -0.3 is 14.6 Å². The van der Waals surface area contributed by atoms with Crippen LogP contribution in [0.5, 0.6) is 0 Å². The van der Waals surface area contributed by atoms with E-state index in [9.17, 15) is 9.59 Å². The van der Waals surface area contributed by atoms with Gasteiger partial charge in [-0.2, -0.15) is 0 Å². The number of hydrogen-bond acceptors (Lipinski definition) is 4. The fraction of sp³-hybridized carbons (Fsp3) is 0.333. The third-order valence-corrected chi connectivity index (χ3v) is 6.71. The highest BCUT2D eigenvalue weighted by Gasteiger charge is 2.33. The van der Waals surface area contributed by atoms with Crippen LogP contribution in [0, 0.1) is 0 Å². The summed E-state index contributed by atoms with van der Waals surface area (Å²) in [5, 5.41) is 5.70. The minimum absolute atomic E-state index is 0.125. The molecule has 0 saturated heterocycles. The zero-order chi connectivity index (χ0) is 21.6. The second kappa shape index (κ2) is 10.2. The second-order valence-electron chi connectivity index (χ2n) is 7.80. The van der Waals surface area contributed by atoms with Crippen molar-refractivity contribution in [1.29, 1.82) is 0 Å². The van der Waals surface area contributed by atoms with Gasteiger partial charge in [0.05, 0.1) is 19.2 Å². The Morgan fingerprint density at radius 1 is 1.13 bits per heavy atom. The Morgan fingerprint density at radius 2 is 1.90 bits per heavy atom. The Bertz CT molecular complexity index is 981. The molecule has 1 aliphatic carbocycles. The van der Waals surface area contributed by atoms with Crippen LogP contribution in [0.2, 0.25) is 5.02 Å². The normalized spacial score (nSPS) is 15.0. The maximum atomic E-state index is 13.5. The molecule has 4 rings (SSSR count). The molecule has 1 aliphatic rings. The van der Waals surface area contributed by atoms with E-state index in [2.05, 4.69) is 5.32 Å². The molecule has 1 unspecified atom stereocenters. The Kier molecular flexibility index (Phi) is 7.10. The number of nitrogens with zero attached hydrogens (tertiary/aromatic N) is 1. The van der Waals surface area contributed by atoms with Crippen molar-refractivity contribution in [3.05, 3.63) is 81.4 Å². The molecule has 1 atom stereocenters. The van der Waals surface area contributed by atoms with Gasteiger partial charge in [-0.05, 0) is 54.1 Å². The number of halogens is 1. The molecule has 2 heterocycles. The molecule has 5 nitrogen and oxygen atoms in total. The minimum Gasteiger partial charge on any atom is -0.467 e. The summed E-state index contributed by atoms with van der Waals surface area (Å²) in [5.41, 5.74) is 0.728. The smallest absolute Gasteiger partial charge is 0.247 e. The average Bonchev–Trinajstić information content (AvgIpc) is 3.53. The summed E-state index contributed by atoms with van der Waals surface area (Å²) in [5.74, 6) is 0.341. The fourth-order valence-corrected chi connectivity index (χ4v) is 4.85. The van der Waals surface area contributed by atoms with E-state index in [1.165, 1.54) is 11.3 Å². The fourth-order valence-electron chi connectivity index (χ4n) is 4.03. The van der Waals surface area contributed by atoms with Crippen molar-refractivity contribution >= 4 is 34.8 Å². The van der Waals surface area contributed by atoms with Gasteiger partial charge in [0, 0.05) is 15.9 Å². The quantitative estimate of drug-likeness (QED) is 0.496. The lowest BCUT2D eigenvalue weighted by Crippen LogP contribution is -2.46. The first kappa shape index (κ1) is 21.7. The van der Waals surface area contributed by atoms with Gasteiger partial charge >= 0.3 is 0 Å². The van der Waals surface area contributed by atoms with Crippen molar-refractivity contribution in [3.8, 4) is 0 Å². The average molecular weight is 457 g/mol. The number of hydrogen-bond donors (Lipinski definition) is 1. The van der Waals surface area contributed by atoms with Crippen LogP contribution < -0.4 is 5.32 Å².